The van der Waals surface area contributed by atoms with Crippen LogP contribution in [0.1, 0.15) is 6.92 Å². The fraction of sp³-hybridized carbons (Fsp3) is 1.00. The van der Waals surface area contributed by atoms with E-state index in [2.05, 4.69) is 25.0 Å². The highest BCUT2D eigenvalue weighted by Gasteiger charge is 2.18. The molecule has 6 heteroatoms. The molecule has 0 aromatic carbocycles. The summed E-state index contributed by atoms with van der Waals surface area (Å²) in [5.41, 5.74) is 0. The lowest BCUT2D eigenvalue weighted by Crippen LogP contribution is -1.96. The molecule has 0 radical (unpaired) electrons. The van der Waals surface area contributed by atoms with Gasteiger partial charge in [0.1, 0.15) is 0 Å². The fourth-order valence-electron chi connectivity index (χ4n) is 0.350. The Kier molecular flexibility index (Phi) is 5.58. The summed E-state index contributed by atoms with van der Waals surface area (Å²) < 4.78 is 19.5. The average molecular weight is 233 g/mol. The molecular weight excluding hydrogens is 223 g/mol. The van der Waals surface area contributed by atoms with Gasteiger partial charge in [0.25, 0.3) is 0 Å². The lowest BCUT2D eigenvalue weighted by atomic mass is 10.9. The minimum Gasteiger partial charge on any atom is -0.302 e. The molecule has 0 amide bonds. The largest absolute Gasteiger partial charge is 0.472 e. The summed E-state index contributed by atoms with van der Waals surface area (Å²) in [6.07, 6.45) is 0. The second-order valence-electron chi connectivity index (χ2n) is 1.41. The number of phosphoric ester groups is 1. The Labute approximate surface area is 68.3 Å². The Hall–Kier alpha value is 0.590. The smallest absolute Gasteiger partial charge is 0.302 e. The second kappa shape index (κ2) is 5.27. The van der Waals surface area contributed by atoms with E-state index in [-0.39, 0.29) is 13.2 Å². The van der Waals surface area contributed by atoms with Crippen LogP contribution in [0.4, 0.5) is 0 Å². The third-order valence-electron chi connectivity index (χ3n) is 0.624. The molecule has 0 rings (SSSR count). The quantitative estimate of drug-likeness (QED) is 0.577. The Morgan fingerprint density at radius 1 is 1.60 bits per heavy atom. The Balaban J connectivity index is 3.53. The van der Waals surface area contributed by atoms with Gasteiger partial charge in [-0.25, -0.2) is 4.57 Å². The van der Waals surface area contributed by atoms with E-state index in [1.807, 2.05) is 0 Å². The third kappa shape index (κ3) is 5.38. The summed E-state index contributed by atoms with van der Waals surface area (Å²) in [6.45, 7) is 1.98. The summed E-state index contributed by atoms with van der Waals surface area (Å²) in [6, 6.07) is 0. The van der Waals surface area contributed by atoms with Crippen molar-refractivity contribution in [1.29, 1.82) is 0 Å². The fourth-order valence-corrected chi connectivity index (χ4v) is 1.49. The summed E-state index contributed by atoms with van der Waals surface area (Å²) in [7, 11) is -3.74. The van der Waals surface area contributed by atoms with Crippen LogP contribution in [0, 0.1) is 0 Å². The topological polar surface area (TPSA) is 55.8 Å². The Morgan fingerprint density at radius 2 is 2.20 bits per heavy atom. The second-order valence-corrected chi connectivity index (χ2v) is 3.66. The maximum absolute atomic E-state index is 10.7. The summed E-state index contributed by atoms with van der Waals surface area (Å²) in [5, 5.41) is 0.518. The van der Waals surface area contributed by atoms with Crippen molar-refractivity contribution in [2.45, 2.75) is 6.92 Å². The Morgan fingerprint density at radius 3 is 2.60 bits per heavy atom. The van der Waals surface area contributed by atoms with Gasteiger partial charge < -0.3 is 4.89 Å². The van der Waals surface area contributed by atoms with Crippen LogP contribution in [0.3, 0.4) is 0 Å². The van der Waals surface area contributed by atoms with Crippen LogP contribution in [0.5, 0.6) is 0 Å². The molecule has 0 fully saturated rings. The van der Waals surface area contributed by atoms with Crippen molar-refractivity contribution >= 4 is 23.8 Å². The summed E-state index contributed by atoms with van der Waals surface area (Å²) in [5.74, 6) is 0. The molecule has 62 valence electrons. The molecule has 0 heterocycles. The summed E-state index contributed by atoms with van der Waals surface area (Å²) >= 11 is 3.04. The zero-order chi connectivity index (χ0) is 8.04. The first-order valence-corrected chi connectivity index (χ1v) is 5.42. The van der Waals surface area contributed by atoms with Crippen LogP contribution in [0.25, 0.3) is 0 Å². The maximum atomic E-state index is 10.7. The molecule has 4 nitrogen and oxygen atoms in total. The van der Waals surface area contributed by atoms with E-state index in [0.717, 1.165) is 0 Å². The van der Waals surface area contributed by atoms with Gasteiger partial charge in [0.2, 0.25) is 0 Å². The van der Waals surface area contributed by atoms with Crippen molar-refractivity contribution < 1.29 is 18.5 Å². The van der Waals surface area contributed by atoms with Gasteiger partial charge in [-0.2, -0.15) is 0 Å². The van der Waals surface area contributed by atoms with Crippen molar-refractivity contribution in [2.24, 2.45) is 0 Å². The molecule has 0 bridgehead atoms. The molecule has 0 aliphatic carbocycles. The Bertz CT molecular complexity index is 128. The predicted molar refractivity (Wildman–Crippen MR) is 41.2 cm³/mol. The van der Waals surface area contributed by atoms with Gasteiger partial charge in [-0.15, -0.1) is 0 Å². The molecular formula is C4H10BrO4P. The number of hydrogen-bond acceptors (Lipinski definition) is 3. The van der Waals surface area contributed by atoms with Crippen molar-refractivity contribution in [2.75, 3.05) is 18.5 Å². The van der Waals surface area contributed by atoms with Crippen LogP contribution in [0.2, 0.25) is 0 Å². The lowest BCUT2D eigenvalue weighted by Gasteiger charge is -2.08. The third-order valence-corrected chi connectivity index (χ3v) is 2.04. The average Bonchev–Trinajstić information content (AvgIpc) is 1.84. The number of alkyl halides is 1. The van der Waals surface area contributed by atoms with Crippen molar-refractivity contribution in [3.05, 3.63) is 0 Å². The molecule has 0 aromatic rings. The van der Waals surface area contributed by atoms with E-state index in [4.69, 9.17) is 4.89 Å². The number of hydrogen-bond donors (Lipinski definition) is 1. The summed E-state index contributed by atoms with van der Waals surface area (Å²) in [4.78, 5) is 8.74. The van der Waals surface area contributed by atoms with Crippen molar-refractivity contribution in [1.82, 2.24) is 0 Å². The van der Waals surface area contributed by atoms with Gasteiger partial charge in [0.15, 0.2) is 0 Å². The zero-order valence-corrected chi connectivity index (χ0v) is 8.10. The van der Waals surface area contributed by atoms with E-state index in [1.165, 1.54) is 0 Å². The van der Waals surface area contributed by atoms with Crippen molar-refractivity contribution in [3.63, 3.8) is 0 Å². The van der Waals surface area contributed by atoms with Gasteiger partial charge in [-0.05, 0) is 6.92 Å². The minimum absolute atomic E-state index is 0.174. The highest BCUT2D eigenvalue weighted by molar-refractivity contribution is 9.09. The molecule has 0 aliphatic heterocycles. The highest BCUT2D eigenvalue weighted by Crippen LogP contribution is 2.42. The van der Waals surface area contributed by atoms with Gasteiger partial charge in [-0.1, -0.05) is 15.9 Å². The van der Waals surface area contributed by atoms with E-state index < -0.39 is 7.82 Å². The van der Waals surface area contributed by atoms with Crippen molar-refractivity contribution in [3.8, 4) is 0 Å². The van der Waals surface area contributed by atoms with Crippen LogP contribution in [0.15, 0.2) is 0 Å². The standard InChI is InChI=1S/C4H10BrO4P/c1-2-8-10(6,7)9-4-3-5/h2-4H2,1H3,(H,6,7). The predicted octanol–water partition coefficient (Wildman–Crippen LogP) is 1.53. The maximum Gasteiger partial charge on any atom is 0.472 e. The first-order chi connectivity index (χ1) is 4.62. The molecule has 0 aromatic heterocycles. The van der Waals surface area contributed by atoms with E-state index in [1.54, 1.807) is 6.92 Å². The highest BCUT2D eigenvalue weighted by atomic mass is 79.9. The minimum atomic E-state index is -3.74. The molecule has 1 unspecified atom stereocenters. The monoisotopic (exact) mass is 232 g/mol. The molecule has 0 saturated carbocycles. The molecule has 0 spiro atoms. The van der Waals surface area contributed by atoms with Gasteiger partial charge in [0, 0.05) is 5.33 Å². The van der Waals surface area contributed by atoms with Gasteiger partial charge >= 0.3 is 7.82 Å². The normalized spacial score (nSPS) is 16.7. The molecule has 1 N–H and O–H groups in total. The molecule has 1 atom stereocenters. The molecule has 10 heavy (non-hydrogen) atoms. The van der Waals surface area contributed by atoms with Gasteiger partial charge in [-0.3, -0.25) is 9.05 Å². The van der Waals surface area contributed by atoms with Crippen LogP contribution < -0.4 is 0 Å². The molecule has 0 saturated heterocycles. The van der Waals surface area contributed by atoms with Crippen LogP contribution >= 0.6 is 23.8 Å². The lowest BCUT2D eigenvalue weighted by molar-refractivity contribution is 0.163. The molecule has 0 aliphatic rings. The van der Waals surface area contributed by atoms with E-state index >= 15 is 0 Å². The number of halogens is 1. The first kappa shape index (κ1) is 10.6. The SMILES string of the molecule is CCOP(=O)(O)OCCBr. The van der Waals surface area contributed by atoms with Crippen LogP contribution in [-0.4, -0.2) is 23.4 Å². The van der Waals surface area contributed by atoms with E-state index in [0.29, 0.717) is 5.33 Å². The van der Waals surface area contributed by atoms with E-state index in [9.17, 15) is 4.57 Å². The van der Waals surface area contributed by atoms with Crippen LogP contribution in [-0.2, 0) is 13.6 Å². The first-order valence-electron chi connectivity index (χ1n) is 2.80. The zero-order valence-electron chi connectivity index (χ0n) is 5.62. The van der Waals surface area contributed by atoms with Gasteiger partial charge in [0.05, 0.1) is 13.2 Å². The number of rotatable bonds is 5. The number of phosphoric acid groups is 1.